The Morgan fingerprint density at radius 1 is 1.29 bits per heavy atom. The van der Waals surface area contributed by atoms with Gasteiger partial charge in [-0.25, -0.2) is 0 Å². The second kappa shape index (κ2) is 4.27. The Hall–Kier alpha value is -1.31. The van der Waals surface area contributed by atoms with Crippen LogP contribution in [0.25, 0.3) is 0 Å². The van der Waals surface area contributed by atoms with E-state index in [0.717, 1.165) is 22.4 Å². The average Bonchev–Trinajstić information content (AvgIpc) is 2.14. The number of carbonyl (C=O) groups is 1. The number of hydrogen-bond acceptors (Lipinski definition) is 2. The molecule has 0 spiro atoms. The number of benzene rings is 1. The van der Waals surface area contributed by atoms with Gasteiger partial charge >= 0.3 is 0 Å². The zero-order chi connectivity index (χ0) is 10.7. The van der Waals surface area contributed by atoms with E-state index in [4.69, 9.17) is 5.73 Å². The standard InChI is InChI=1S/C12H17NO/c1-4-11(14)7-10-5-9(3)12(13)6-8(10)2/h5-6H,4,7,13H2,1-3H3. The fraction of sp³-hybridized carbons (Fsp3) is 0.417. The van der Waals surface area contributed by atoms with E-state index in [0.29, 0.717) is 12.8 Å². The number of ketones is 1. The largest absolute Gasteiger partial charge is 0.399 e. The molecule has 1 aromatic rings. The molecule has 14 heavy (non-hydrogen) atoms. The van der Waals surface area contributed by atoms with E-state index in [1.807, 2.05) is 32.9 Å². The maximum atomic E-state index is 11.3. The summed E-state index contributed by atoms with van der Waals surface area (Å²) in [6, 6.07) is 3.95. The molecule has 0 unspecified atom stereocenters. The van der Waals surface area contributed by atoms with E-state index in [1.54, 1.807) is 0 Å². The van der Waals surface area contributed by atoms with E-state index >= 15 is 0 Å². The lowest BCUT2D eigenvalue weighted by Crippen LogP contribution is -2.03. The Bertz CT molecular complexity index is 356. The maximum Gasteiger partial charge on any atom is 0.137 e. The van der Waals surface area contributed by atoms with Crippen LogP contribution in [0.2, 0.25) is 0 Å². The van der Waals surface area contributed by atoms with Crippen LogP contribution in [-0.4, -0.2) is 5.78 Å². The molecule has 0 heterocycles. The summed E-state index contributed by atoms with van der Waals surface area (Å²) < 4.78 is 0. The molecule has 1 rings (SSSR count). The minimum absolute atomic E-state index is 0.275. The van der Waals surface area contributed by atoms with Crippen molar-refractivity contribution in [1.82, 2.24) is 0 Å². The molecule has 1 aromatic carbocycles. The average molecular weight is 191 g/mol. The third-order valence-corrected chi connectivity index (χ3v) is 2.51. The number of Topliss-reactive ketones (excluding diaryl/α,β-unsaturated/α-hetero) is 1. The van der Waals surface area contributed by atoms with Crippen LogP contribution in [0.1, 0.15) is 30.0 Å². The lowest BCUT2D eigenvalue weighted by atomic mass is 9.99. The number of hydrogen-bond donors (Lipinski definition) is 1. The van der Waals surface area contributed by atoms with Gasteiger partial charge in [-0.1, -0.05) is 13.0 Å². The van der Waals surface area contributed by atoms with Crippen molar-refractivity contribution in [2.24, 2.45) is 0 Å². The second-order valence-electron chi connectivity index (χ2n) is 3.70. The lowest BCUT2D eigenvalue weighted by Gasteiger charge is -2.08. The van der Waals surface area contributed by atoms with Crippen molar-refractivity contribution in [1.29, 1.82) is 0 Å². The Balaban J connectivity index is 2.98. The van der Waals surface area contributed by atoms with Crippen LogP contribution in [-0.2, 0) is 11.2 Å². The molecule has 2 nitrogen and oxygen atoms in total. The van der Waals surface area contributed by atoms with Gasteiger partial charge in [0.1, 0.15) is 5.78 Å². The molecule has 0 saturated carbocycles. The first-order valence-corrected chi connectivity index (χ1v) is 4.92. The molecule has 76 valence electrons. The Morgan fingerprint density at radius 2 is 1.93 bits per heavy atom. The van der Waals surface area contributed by atoms with Crippen molar-refractivity contribution in [3.05, 3.63) is 28.8 Å². The fourth-order valence-electron chi connectivity index (χ4n) is 1.43. The summed E-state index contributed by atoms with van der Waals surface area (Å²) in [6.07, 6.45) is 1.13. The van der Waals surface area contributed by atoms with Gasteiger partial charge in [0.25, 0.3) is 0 Å². The van der Waals surface area contributed by atoms with E-state index in [1.165, 1.54) is 0 Å². The van der Waals surface area contributed by atoms with Crippen LogP contribution < -0.4 is 5.73 Å². The van der Waals surface area contributed by atoms with Gasteiger partial charge in [-0.3, -0.25) is 4.79 Å². The highest BCUT2D eigenvalue weighted by atomic mass is 16.1. The quantitative estimate of drug-likeness (QED) is 0.745. The summed E-state index contributed by atoms with van der Waals surface area (Å²) in [5, 5.41) is 0. The molecule has 0 bridgehead atoms. The van der Waals surface area contributed by atoms with Gasteiger partial charge in [-0.05, 0) is 36.6 Å². The van der Waals surface area contributed by atoms with Crippen LogP contribution in [0.4, 0.5) is 5.69 Å². The van der Waals surface area contributed by atoms with Crippen molar-refractivity contribution in [2.45, 2.75) is 33.6 Å². The normalized spacial score (nSPS) is 10.2. The predicted octanol–water partition coefficient (Wildman–Crippen LogP) is 2.41. The van der Waals surface area contributed by atoms with Crippen LogP contribution >= 0.6 is 0 Å². The van der Waals surface area contributed by atoms with E-state index in [-0.39, 0.29) is 5.78 Å². The van der Waals surface area contributed by atoms with Gasteiger partial charge in [0.15, 0.2) is 0 Å². The molecular formula is C12H17NO. The van der Waals surface area contributed by atoms with Gasteiger partial charge in [-0.15, -0.1) is 0 Å². The van der Waals surface area contributed by atoms with E-state index in [9.17, 15) is 4.79 Å². The van der Waals surface area contributed by atoms with Crippen molar-refractivity contribution in [2.75, 3.05) is 5.73 Å². The van der Waals surface area contributed by atoms with Crippen molar-refractivity contribution in [3.8, 4) is 0 Å². The highest BCUT2D eigenvalue weighted by molar-refractivity contribution is 5.81. The van der Waals surface area contributed by atoms with Gasteiger partial charge in [0.05, 0.1) is 0 Å². The minimum Gasteiger partial charge on any atom is -0.399 e. The Kier molecular flexibility index (Phi) is 3.28. The highest BCUT2D eigenvalue weighted by Gasteiger charge is 2.06. The number of rotatable bonds is 3. The molecule has 0 radical (unpaired) electrons. The Labute approximate surface area is 85.1 Å². The topological polar surface area (TPSA) is 43.1 Å². The van der Waals surface area contributed by atoms with Gasteiger partial charge in [0, 0.05) is 18.5 Å². The predicted molar refractivity (Wildman–Crippen MR) is 59.3 cm³/mol. The first-order valence-electron chi connectivity index (χ1n) is 4.92. The molecule has 2 N–H and O–H groups in total. The summed E-state index contributed by atoms with van der Waals surface area (Å²) >= 11 is 0. The van der Waals surface area contributed by atoms with E-state index < -0.39 is 0 Å². The first kappa shape index (κ1) is 10.8. The summed E-state index contributed by atoms with van der Waals surface area (Å²) in [7, 11) is 0. The third-order valence-electron chi connectivity index (χ3n) is 2.51. The lowest BCUT2D eigenvalue weighted by molar-refractivity contribution is -0.118. The molecule has 0 aliphatic heterocycles. The van der Waals surface area contributed by atoms with Gasteiger partial charge in [-0.2, -0.15) is 0 Å². The molecule has 0 aliphatic rings. The monoisotopic (exact) mass is 191 g/mol. The summed E-state index contributed by atoms with van der Waals surface area (Å²) in [6.45, 7) is 5.85. The maximum absolute atomic E-state index is 11.3. The van der Waals surface area contributed by atoms with Gasteiger partial charge < -0.3 is 5.73 Å². The number of carbonyl (C=O) groups excluding carboxylic acids is 1. The first-order chi connectivity index (χ1) is 6.54. The van der Waals surface area contributed by atoms with Crippen LogP contribution in [0.3, 0.4) is 0 Å². The molecule has 0 fully saturated rings. The fourth-order valence-corrected chi connectivity index (χ4v) is 1.43. The van der Waals surface area contributed by atoms with Crippen LogP contribution in [0, 0.1) is 13.8 Å². The van der Waals surface area contributed by atoms with Crippen molar-refractivity contribution >= 4 is 11.5 Å². The molecular weight excluding hydrogens is 174 g/mol. The van der Waals surface area contributed by atoms with Crippen molar-refractivity contribution < 1.29 is 4.79 Å². The molecule has 0 aliphatic carbocycles. The number of anilines is 1. The molecule has 2 heteroatoms. The zero-order valence-corrected chi connectivity index (χ0v) is 9.05. The van der Waals surface area contributed by atoms with Crippen molar-refractivity contribution in [3.63, 3.8) is 0 Å². The van der Waals surface area contributed by atoms with Crippen LogP contribution in [0.5, 0.6) is 0 Å². The molecule has 0 saturated heterocycles. The summed E-state index contributed by atoms with van der Waals surface area (Å²) in [4.78, 5) is 11.3. The molecule has 0 aromatic heterocycles. The molecule has 0 amide bonds. The smallest absolute Gasteiger partial charge is 0.137 e. The summed E-state index contributed by atoms with van der Waals surface area (Å²) in [5.74, 6) is 0.275. The van der Waals surface area contributed by atoms with E-state index in [2.05, 4.69) is 0 Å². The van der Waals surface area contributed by atoms with Gasteiger partial charge in [0.2, 0.25) is 0 Å². The van der Waals surface area contributed by atoms with Crippen LogP contribution in [0.15, 0.2) is 12.1 Å². The molecule has 0 atom stereocenters. The Morgan fingerprint density at radius 3 is 2.50 bits per heavy atom. The summed E-state index contributed by atoms with van der Waals surface area (Å²) in [5.41, 5.74) is 9.83. The third kappa shape index (κ3) is 2.34. The highest BCUT2D eigenvalue weighted by Crippen LogP contribution is 2.18. The SMILES string of the molecule is CCC(=O)Cc1cc(C)c(N)cc1C. The minimum atomic E-state index is 0.275. The number of aryl methyl sites for hydroxylation is 2. The zero-order valence-electron chi connectivity index (χ0n) is 9.05. The number of nitrogens with two attached hydrogens (primary N) is 1. The number of nitrogen functional groups attached to an aromatic ring is 1. The second-order valence-corrected chi connectivity index (χ2v) is 3.70.